The zero-order valence-electron chi connectivity index (χ0n) is 12.6. The van der Waals surface area contributed by atoms with Crippen LogP contribution in [0.5, 0.6) is 0 Å². The third-order valence-electron chi connectivity index (χ3n) is 3.59. The van der Waals surface area contributed by atoms with E-state index in [4.69, 9.17) is 9.72 Å². The predicted molar refractivity (Wildman–Crippen MR) is 89.2 cm³/mol. The SMILES string of the molecule is Cc1ccc2sc(N3CCOCC3CNS(C)(=O)=O)nc2c1. The molecule has 0 aliphatic carbocycles. The molecule has 1 unspecified atom stereocenters. The van der Waals surface area contributed by atoms with Gasteiger partial charge in [-0.3, -0.25) is 0 Å². The second-order valence-corrected chi connectivity index (χ2v) is 8.35. The second-order valence-electron chi connectivity index (χ2n) is 5.51. The summed E-state index contributed by atoms with van der Waals surface area (Å²) in [6.07, 6.45) is 1.17. The maximum absolute atomic E-state index is 11.3. The van der Waals surface area contributed by atoms with Crippen LogP contribution in [0.15, 0.2) is 18.2 Å². The first kappa shape index (κ1) is 15.7. The molecule has 1 aliphatic heterocycles. The van der Waals surface area contributed by atoms with Crippen LogP contribution in [0.2, 0.25) is 0 Å². The van der Waals surface area contributed by atoms with Gasteiger partial charge in [0.25, 0.3) is 0 Å². The molecule has 1 atom stereocenters. The summed E-state index contributed by atoms with van der Waals surface area (Å²) in [7, 11) is -3.21. The van der Waals surface area contributed by atoms with Crippen LogP contribution < -0.4 is 9.62 Å². The molecule has 2 aromatic rings. The molecular weight excluding hydrogens is 322 g/mol. The van der Waals surface area contributed by atoms with Gasteiger partial charge in [-0.05, 0) is 24.6 Å². The fraction of sp³-hybridized carbons (Fsp3) is 0.500. The Labute approximate surface area is 134 Å². The van der Waals surface area contributed by atoms with E-state index in [1.54, 1.807) is 11.3 Å². The van der Waals surface area contributed by atoms with Crippen LogP contribution in [0, 0.1) is 6.92 Å². The Kier molecular flexibility index (Phi) is 4.35. The minimum absolute atomic E-state index is 0.0369. The Hall–Kier alpha value is -1.22. The quantitative estimate of drug-likeness (QED) is 0.909. The lowest BCUT2D eigenvalue weighted by Gasteiger charge is -2.35. The monoisotopic (exact) mass is 341 g/mol. The van der Waals surface area contributed by atoms with Crippen molar-refractivity contribution in [1.29, 1.82) is 0 Å². The Balaban J connectivity index is 1.85. The maximum atomic E-state index is 11.3. The fourth-order valence-electron chi connectivity index (χ4n) is 2.47. The van der Waals surface area contributed by atoms with E-state index < -0.39 is 10.0 Å². The van der Waals surface area contributed by atoms with Crippen LogP contribution in [-0.4, -0.2) is 52.0 Å². The number of hydrogen-bond acceptors (Lipinski definition) is 6. The lowest BCUT2D eigenvalue weighted by Crippen LogP contribution is -2.51. The van der Waals surface area contributed by atoms with E-state index in [2.05, 4.69) is 27.8 Å². The van der Waals surface area contributed by atoms with Gasteiger partial charge < -0.3 is 9.64 Å². The molecule has 3 rings (SSSR count). The number of morpholine rings is 1. The highest BCUT2D eigenvalue weighted by Gasteiger charge is 2.26. The number of thiazole rings is 1. The van der Waals surface area contributed by atoms with E-state index in [0.29, 0.717) is 19.8 Å². The van der Waals surface area contributed by atoms with Gasteiger partial charge in [0.2, 0.25) is 10.0 Å². The number of nitrogens with one attached hydrogen (secondary N) is 1. The predicted octanol–water partition coefficient (Wildman–Crippen LogP) is 1.36. The number of aromatic nitrogens is 1. The molecule has 0 radical (unpaired) electrons. The lowest BCUT2D eigenvalue weighted by molar-refractivity contribution is 0.0953. The Morgan fingerprint density at radius 2 is 2.32 bits per heavy atom. The summed E-state index contributed by atoms with van der Waals surface area (Å²) in [6, 6.07) is 6.19. The van der Waals surface area contributed by atoms with Gasteiger partial charge in [-0.25, -0.2) is 18.1 Å². The number of rotatable bonds is 4. The van der Waals surface area contributed by atoms with Crippen molar-refractivity contribution in [2.75, 3.05) is 37.5 Å². The second kappa shape index (κ2) is 6.11. The molecule has 1 saturated heterocycles. The number of nitrogens with zero attached hydrogens (tertiary/aromatic N) is 2. The van der Waals surface area contributed by atoms with Gasteiger partial charge >= 0.3 is 0 Å². The highest BCUT2D eigenvalue weighted by Crippen LogP contribution is 2.31. The molecule has 1 fully saturated rings. The van der Waals surface area contributed by atoms with Gasteiger partial charge in [-0.1, -0.05) is 17.4 Å². The summed E-state index contributed by atoms with van der Waals surface area (Å²) in [5.41, 5.74) is 2.17. The molecular formula is C14H19N3O3S2. The van der Waals surface area contributed by atoms with E-state index in [1.807, 2.05) is 6.92 Å². The lowest BCUT2D eigenvalue weighted by atomic mass is 10.2. The largest absolute Gasteiger partial charge is 0.377 e. The zero-order chi connectivity index (χ0) is 15.7. The number of ether oxygens (including phenoxy) is 1. The van der Waals surface area contributed by atoms with Crippen LogP contribution in [0.25, 0.3) is 10.2 Å². The molecule has 1 aromatic heterocycles. The molecule has 6 nitrogen and oxygen atoms in total. The Morgan fingerprint density at radius 1 is 1.50 bits per heavy atom. The summed E-state index contributed by atoms with van der Waals surface area (Å²) >= 11 is 1.63. The van der Waals surface area contributed by atoms with Crippen LogP contribution in [0.3, 0.4) is 0 Å². The first-order chi connectivity index (χ1) is 10.4. The number of benzene rings is 1. The van der Waals surface area contributed by atoms with Crippen LogP contribution in [0.4, 0.5) is 5.13 Å². The highest BCUT2D eigenvalue weighted by molar-refractivity contribution is 7.88. The van der Waals surface area contributed by atoms with Crippen LogP contribution in [0.1, 0.15) is 5.56 Å². The third-order valence-corrected chi connectivity index (χ3v) is 5.35. The van der Waals surface area contributed by atoms with Crippen molar-refractivity contribution in [1.82, 2.24) is 9.71 Å². The van der Waals surface area contributed by atoms with Gasteiger partial charge in [-0.2, -0.15) is 0 Å². The van der Waals surface area contributed by atoms with Crippen molar-refractivity contribution in [2.45, 2.75) is 13.0 Å². The highest BCUT2D eigenvalue weighted by atomic mass is 32.2. The summed E-state index contributed by atoms with van der Waals surface area (Å²) < 4.78 is 31.8. The van der Waals surface area contributed by atoms with E-state index in [0.717, 1.165) is 21.9 Å². The molecule has 1 aromatic carbocycles. The van der Waals surface area contributed by atoms with Crippen molar-refractivity contribution in [3.8, 4) is 0 Å². The van der Waals surface area contributed by atoms with Gasteiger partial charge in [0.05, 0.1) is 35.7 Å². The Bertz CT molecular complexity index is 773. The third kappa shape index (κ3) is 3.57. The maximum Gasteiger partial charge on any atom is 0.208 e. The number of aryl methyl sites for hydroxylation is 1. The van der Waals surface area contributed by atoms with Crippen LogP contribution in [-0.2, 0) is 14.8 Å². The first-order valence-electron chi connectivity index (χ1n) is 7.08. The molecule has 0 bridgehead atoms. The standard InChI is InChI=1S/C14H19N3O3S2/c1-10-3-4-13-12(7-10)16-14(21-13)17-5-6-20-9-11(17)8-15-22(2,18)19/h3-4,7,11,15H,5-6,8-9H2,1-2H3. The molecule has 0 saturated carbocycles. The molecule has 0 spiro atoms. The van der Waals surface area contributed by atoms with Crippen LogP contribution >= 0.6 is 11.3 Å². The van der Waals surface area contributed by atoms with E-state index in [1.165, 1.54) is 11.8 Å². The average molecular weight is 341 g/mol. The number of sulfonamides is 1. The molecule has 1 N–H and O–H groups in total. The van der Waals surface area contributed by atoms with Crippen molar-refractivity contribution < 1.29 is 13.2 Å². The molecule has 8 heteroatoms. The van der Waals surface area contributed by atoms with E-state index >= 15 is 0 Å². The summed E-state index contributed by atoms with van der Waals surface area (Å²) in [4.78, 5) is 6.84. The summed E-state index contributed by atoms with van der Waals surface area (Å²) in [5.74, 6) is 0. The number of fused-ring (bicyclic) bond motifs is 1. The zero-order valence-corrected chi connectivity index (χ0v) is 14.2. The smallest absolute Gasteiger partial charge is 0.208 e. The van der Waals surface area contributed by atoms with Crippen molar-refractivity contribution in [3.05, 3.63) is 23.8 Å². The number of hydrogen-bond donors (Lipinski definition) is 1. The normalized spacial score (nSPS) is 19.7. The average Bonchev–Trinajstić information content (AvgIpc) is 2.87. The number of anilines is 1. The molecule has 120 valence electrons. The van der Waals surface area contributed by atoms with Gasteiger partial charge in [0.15, 0.2) is 5.13 Å². The fourth-order valence-corrected chi connectivity index (χ4v) is 4.01. The van der Waals surface area contributed by atoms with Gasteiger partial charge in [-0.15, -0.1) is 0 Å². The molecule has 2 heterocycles. The van der Waals surface area contributed by atoms with Gasteiger partial charge in [0.1, 0.15) is 0 Å². The minimum atomic E-state index is -3.21. The summed E-state index contributed by atoms with van der Waals surface area (Å²) in [6.45, 7) is 4.22. The Morgan fingerprint density at radius 3 is 3.09 bits per heavy atom. The van der Waals surface area contributed by atoms with Crippen molar-refractivity contribution in [3.63, 3.8) is 0 Å². The topological polar surface area (TPSA) is 71.5 Å². The van der Waals surface area contributed by atoms with E-state index in [9.17, 15) is 8.42 Å². The summed E-state index contributed by atoms with van der Waals surface area (Å²) in [5, 5.41) is 0.921. The van der Waals surface area contributed by atoms with Crippen molar-refractivity contribution in [2.24, 2.45) is 0 Å². The molecule has 22 heavy (non-hydrogen) atoms. The van der Waals surface area contributed by atoms with Gasteiger partial charge in [0, 0.05) is 13.1 Å². The molecule has 1 aliphatic rings. The van der Waals surface area contributed by atoms with E-state index in [-0.39, 0.29) is 6.04 Å². The van der Waals surface area contributed by atoms with Crippen molar-refractivity contribution >= 4 is 36.7 Å². The first-order valence-corrected chi connectivity index (χ1v) is 9.79. The molecule has 0 amide bonds. The minimum Gasteiger partial charge on any atom is -0.377 e.